The fourth-order valence-electron chi connectivity index (χ4n) is 2.91. The summed E-state index contributed by atoms with van der Waals surface area (Å²) in [5, 5.41) is 7.20. The topological polar surface area (TPSA) is 84.4 Å². The van der Waals surface area contributed by atoms with Crippen LogP contribution in [0.2, 0.25) is 0 Å². The van der Waals surface area contributed by atoms with E-state index in [1.54, 1.807) is 36.7 Å². The van der Waals surface area contributed by atoms with E-state index in [9.17, 15) is 4.79 Å². The molecule has 0 unspecified atom stereocenters. The van der Waals surface area contributed by atoms with Gasteiger partial charge < -0.3 is 19.2 Å². The van der Waals surface area contributed by atoms with E-state index < -0.39 is 0 Å². The van der Waals surface area contributed by atoms with Crippen LogP contribution in [0.5, 0.6) is 0 Å². The van der Waals surface area contributed by atoms with Crippen molar-refractivity contribution in [2.24, 2.45) is 0 Å². The zero-order chi connectivity index (χ0) is 17.1. The van der Waals surface area contributed by atoms with Crippen molar-refractivity contribution >= 4 is 11.7 Å². The fourth-order valence-corrected chi connectivity index (χ4v) is 2.91. The molecular weight excluding hydrogens is 320 g/mol. The summed E-state index contributed by atoms with van der Waals surface area (Å²) < 4.78 is 10.6. The molecule has 4 rings (SSSR count). The van der Waals surface area contributed by atoms with Gasteiger partial charge in [-0.05, 0) is 37.1 Å². The van der Waals surface area contributed by atoms with Gasteiger partial charge in [-0.15, -0.1) is 0 Å². The van der Waals surface area contributed by atoms with Crippen molar-refractivity contribution in [1.82, 2.24) is 15.0 Å². The highest BCUT2D eigenvalue weighted by atomic mass is 16.5. The Balaban J connectivity index is 1.47. The molecule has 0 saturated carbocycles. The molecule has 1 aliphatic heterocycles. The van der Waals surface area contributed by atoms with Crippen LogP contribution >= 0.6 is 0 Å². The van der Waals surface area contributed by atoms with E-state index in [2.05, 4.69) is 15.5 Å². The summed E-state index contributed by atoms with van der Waals surface area (Å²) >= 11 is 0. The Morgan fingerprint density at radius 1 is 1.20 bits per heavy atom. The van der Waals surface area contributed by atoms with Gasteiger partial charge in [0, 0.05) is 25.4 Å². The van der Waals surface area contributed by atoms with Crippen molar-refractivity contribution in [3.63, 3.8) is 0 Å². The zero-order valence-electron chi connectivity index (χ0n) is 13.6. The molecule has 0 radical (unpaired) electrons. The summed E-state index contributed by atoms with van der Waals surface area (Å²) in [6, 6.07) is 8.98. The molecule has 0 atom stereocenters. The van der Waals surface area contributed by atoms with Crippen LogP contribution < -0.4 is 5.32 Å². The number of hydrogen-bond acceptors (Lipinski definition) is 6. The van der Waals surface area contributed by atoms with E-state index in [1.165, 1.54) is 0 Å². The van der Waals surface area contributed by atoms with Gasteiger partial charge in [-0.3, -0.25) is 4.79 Å². The highest BCUT2D eigenvalue weighted by molar-refractivity contribution is 5.98. The lowest BCUT2D eigenvalue weighted by Gasteiger charge is -2.17. The molecule has 0 bridgehead atoms. The molecule has 0 spiro atoms. The Kier molecular flexibility index (Phi) is 4.20. The number of hydrogen-bond donors (Lipinski definition) is 1. The summed E-state index contributed by atoms with van der Waals surface area (Å²) in [6.07, 6.45) is 5.37. The van der Waals surface area contributed by atoms with Crippen molar-refractivity contribution in [1.29, 1.82) is 0 Å². The second-order valence-electron chi connectivity index (χ2n) is 5.91. The molecule has 4 heterocycles. The molecule has 1 amide bonds. The van der Waals surface area contributed by atoms with Crippen molar-refractivity contribution in [3.05, 3.63) is 54.0 Å². The Bertz CT molecular complexity index is 851. The van der Waals surface area contributed by atoms with Gasteiger partial charge in [0.2, 0.25) is 5.76 Å². The number of pyridine rings is 1. The number of carbonyl (C=O) groups is 1. The van der Waals surface area contributed by atoms with E-state index in [0.717, 1.165) is 25.9 Å². The monoisotopic (exact) mass is 338 g/mol. The Hall–Kier alpha value is -3.09. The summed E-state index contributed by atoms with van der Waals surface area (Å²) in [6.45, 7) is 2.02. The lowest BCUT2D eigenvalue weighted by Crippen LogP contribution is -2.28. The number of carbonyl (C=O) groups excluding carboxylic acids is 1. The van der Waals surface area contributed by atoms with Gasteiger partial charge in [-0.2, -0.15) is 0 Å². The average molecular weight is 338 g/mol. The first kappa shape index (κ1) is 15.4. The third-order valence-electron chi connectivity index (χ3n) is 4.19. The standard InChI is InChI=1S/C18H18N4O3/c23-18(22-8-1-2-9-22)14-5-3-7-19-17(14)20-12-13-11-16(25-21-13)15-6-4-10-24-15/h3-7,10-11H,1-2,8-9,12H2,(H,19,20). The molecule has 0 aromatic carbocycles. The van der Waals surface area contributed by atoms with Crippen molar-refractivity contribution in [3.8, 4) is 11.5 Å². The number of aromatic nitrogens is 2. The molecule has 128 valence electrons. The molecular formula is C18H18N4O3. The summed E-state index contributed by atoms with van der Waals surface area (Å²) in [5.74, 6) is 1.77. The molecule has 1 N–H and O–H groups in total. The Morgan fingerprint density at radius 2 is 2.08 bits per heavy atom. The highest BCUT2D eigenvalue weighted by Crippen LogP contribution is 2.22. The van der Waals surface area contributed by atoms with E-state index in [1.807, 2.05) is 11.0 Å². The minimum Gasteiger partial charge on any atom is -0.461 e. The average Bonchev–Trinajstić information content (AvgIpc) is 3.41. The molecule has 7 nitrogen and oxygen atoms in total. The Labute approximate surface area is 144 Å². The minimum absolute atomic E-state index is 0.0181. The predicted octanol–water partition coefficient (Wildman–Crippen LogP) is 3.18. The maximum absolute atomic E-state index is 12.6. The summed E-state index contributed by atoms with van der Waals surface area (Å²) in [5.41, 5.74) is 1.29. The third-order valence-corrected chi connectivity index (χ3v) is 4.19. The first-order chi connectivity index (χ1) is 12.3. The van der Waals surface area contributed by atoms with Crippen LogP contribution in [0.4, 0.5) is 5.82 Å². The van der Waals surface area contributed by atoms with Gasteiger partial charge in [-0.25, -0.2) is 4.98 Å². The van der Waals surface area contributed by atoms with E-state index in [4.69, 9.17) is 8.94 Å². The molecule has 1 fully saturated rings. The predicted molar refractivity (Wildman–Crippen MR) is 90.9 cm³/mol. The van der Waals surface area contributed by atoms with E-state index in [0.29, 0.717) is 35.1 Å². The normalized spacial score (nSPS) is 14.0. The van der Waals surface area contributed by atoms with Gasteiger partial charge >= 0.3 is 0 Å². The molecule has 3 aromatic rings. The van der Waals surface area contributed by atoms with Crippen molar-refractivity contribution < 1.29 is 13.7 Å². The van der Waals surface area contributed by atoms with Crippen LogP contribution in [0.1, 0.15) is 28.9 Å². The first-order valence-corrected chi connectivity index (χ1v) is 8.29. The van der Waals surface area contributed by atoms with Crippen LogP contribution in [0.15, 0.2) is 51.7 Å². The molecule has 3 aromatic heterocycles. The number of rotatable bonds is 5. The maximum Gasteiger partial charge on any atom is 0.257 e. The number of nitrogens with one attached hydrogen (secondary N) is 1. The van der Waals surface area contributed by atoms with Crippen LogP contribution in [0, 0.1) is 0 Å². The lowest BCUT2D eigenvalue weighted by atomic mass is 10.2. The van der Waals surface area contributed by atoms with Gasteiger partial charge in [0.05, 0.1) is 18.4 Å². The quantitative estimate of drug-likeness (QED) is 0.769. The number of anilines is 1. The van der Waals surface area contributed by atoms with Crippen LogP contribution in [0.3, 0.4) is 0 Å². The second-order valence-corrected chi connectivity index (χ2v) is 5.91. The molecule has 1 aliphatic rings. The van der Waals surface area contributed by atoms with Gasteiger partial charge in [-0.1, -0.05) is 5.16 Å². The SMILES string of the molecule is O=C(c1cccnc1NCc1cc(-c2ccco2)on1)N1CCCC1. The fraction of sp³-hybridized carbons (Fsp3) is 0.278. The van der Waals surface area contributed by atoms with Crippen LogP contribution in [-0.4, -0.2) is 34.0 Å². The summed E-state index contributed by atoms with van der Waals surface area (Å²) in [4.78, 5) is 18.8. The van der Waals surface area contributed by atoms with Gasteiger partial charge in [0.1, 0.15) is 11.5 Å². The van der Waals surface area contributed by atoms with Crippen LogP contribution in [0.25, 0.3) is 11.5 Å². The smallest absolute Gasteiger partial charge is 0.257 e. The third kappa shape index (κ3) is 3.26. The van der Waals surface area contributed by atoms with Gasteiger partial charge in [0.25, 0.3) is 5.91 Å². The highest BCUT2D eigenvalue weighted by Gasteiger charge is 2.22. The first-order valence-electron chi connectivity index (χ1n) is 8.29. The summed E-state index contributed by atoms with van der Waals surface area (Å²) in [7, 11) is 0. The molecule has 7 heteroatoms. The number of amides is 1. The van der Waals surface area contributed by atoms with E-state index in [-0.39, 0.29) is 5.91 Å². The maximum atomic E-state index is 12.6. The number of likely N-dealkylation sites (tertiary alicyclic amines) is 1. The minimum atomic E-state index is 0.0181. The Morgan fingerprint density at radius 3 is 2.88 bits per heavy atom. The molecule has 0 aliphatic carbocycles. The largest absolute Gasteiger partial charge is 0.461 e. The second kappa shape index (κ2) is 6.80. The molecule has 25 heavy (non-hydrogen) atoms. The van der Waals surface area contributed by atoms with Crippen molar-refractivity contribution in [2.75, 3.05) is 18.4 Å². The number of nitrogens with zero attached hydrogens (tertiary/aromatic N) is 3. The zero-order valence-corrected chi connectivity index (χ0v) is 13.6. The van der Waals surface area contributed by atoms with Gasteiger partial charge in [0.15, 0.2) is 5.76 Å². The van der Waals surface area contributed by atoms with Crippen molar-refractivity contribution in [2.45, 2.75) is 19.4 Å². The lowest BCUT2D eigenvalue weighted by molar-refractivity contribution is 0.0793. The molecule has 1 saturated heterocycles. The van der Waals surface area contributed by atoms with E-state index >= 15 is 0 Å². The number of furan rings is 1. The van der Waals surface area contributed by atoms with Crippen LogP contribution in [-0.2, 0) is 6.54 Å².